The molecular weight excluding hydrogens is 285 g/mol. The van der Waals surface area contributed by atoms with E-state index in [1.165, 1.54) is 37.6 Å². The number of hydrogen-bond acceptors (Lipinski definition) is 5. The predicted molar refractivity (Wildman–Crippen MR) is 74.7 cm³/mol. The number of anilines is 3. The Morgan fingerprint density at radius 1 is 1.45 bits per heavy atom. The van der Waals surface area contributed by atoms with Gasteiger partial charge < -0.3 is 15.8 Å². The van der Waals surface area contributed by atoms with Crippen molar-refractivity contribution in [1.29, 1.82) is 0 Å². The van der Waals surface area contributed by atoms with E-state index in [0.29, 0.717) is 16.5 Å². The molecule has 3 N–H and O–H groups in total. The average molecular weight is 296 g/mol. The van der Waals surface area contributed by atoms with Crippen LogP contribution in [-0.4, -0.2) is 18.1 Å². The molecule has 104 valence electrons. The van der Waals surface area contributed by atoms with Gasteiger partial charge >= 0.3 is 5.97 Å². The largest absolute Gasteiger partial charge is 0.465 e. The Morgan fingerprint density at radius 3 is 2.90 bits per heavy atom. The Bertz CT molecular complexity index is 664. The van der Waals surface area contributed by atoms with Gasteiger partial charge in [-0.25, -0.2) is 14.2 Å². The first-order valence-corrected chi connectivity index (χ1v) is 5.95. The maximum absolute atomic E-state index is 13.2. The molecule has 0 fully saturated rings. The van der Waals surface area contributed by atoms with E-state index in [-0.39, 0.29) is 11.3 Å². The Morgan fingerprint density at radius 2 is 2.20 bits per heavy atom. The van der Waals surface area contributed by atoms with E-state index in [9.17, 15) is 9.18 Å². The van der Waals surface area contributed by atoms with Crippen LogP contribution in [-0.2, 0) is 4.74 Å². The zero-order chi connectivity index (χ0) is 14.7. The van der Waals surface area contributed by atoms with E-state index in [2.05, 4.69) is 15.0 Å². The molecule has 0 atom stereocenters. The van der Waals surface area contributed by atoms with Gasteiger partial charge in [-0.2, -0.15) is 0 Å². The fraction of sp³-hybridized carbons (Fsp3) is 0.0769. The highest BCUT2D eigenvalue weighted by Gasteiger charge is 2.12. The topological polar surface area (TPSA) is 77.2 Å². The number of hydrogen-bond donors (Lipinski definition) is 2. The number of carbonyl (C=O) groups is 1. The molecule has 2 aromatic rings. The van der Waals surface area contributed by atoms with Crippen molar-refractivity contribution in [3.8, 4) is 0 Å². The van der Waals surface area contributed by atoms with Crippen molar-refractivity contribution in [2.75, 3.05) is 18.2 Å². The number of benzene rings is 1. The second-order valence-corrected chi connectivity index (χ2v) is 4.30. The quantitative estimate of drug-likeness (QED) is 0.851. The summed E-state index contributed by atoms with van der Waals surface area (Å²) in [6.07, 6.45) is 1.31. The van der Waals surface area contributed by atoms with Crippen molar-refractivity contribution in [3.63, 3.8) is 0 Å². The van der Waals surface area contributed by atoms with Crippen molar-refractivity contribution in [2.24, 2.45) is 0 Å². The van der Waals surface area contributed by atoms with Gasteiger partial charge in [0.25, 0.3) is 0 Å². The third kappa shape index (κ3) is 2.97. The number of halogens is 2. The van der Waals surface area contributed by atoms with Gasteiger partial charge in [0.1, 0.15) is 11.6 Å². The number of nitrogen functional groups attached to an aromatic ring is 1. The lowest BCUT2D eigenvalue weighted by Crippen LogP contribution is -2.07. The summed E-state index contributed by atoms with van der Waals surface area (Å²) in [5, 5.41) is 3.14. The maximum atomic E-state index is 13.2. The molecule has 7 heteroatoms. The zero-order valence-electron chi connectivity index (χ0n) is 10.5. The average Bonchev–Trinajstić information content (AvgIpc) is 2.44. The van der Waals surface area contributed by atoms with Crippen molar-refractivity contribution in [3.05, 3.63) is 46.9 Å². The lowest BCUT2D eigenvalue weighted by Gasteiger charge is -2.10. The van der Waals surface area contributed by atoms with E-state index in [1.54, 1.807) is 0 Å². The number of pyridine rings is 1. The SMILES string of the molecule is COC(=O)c1cc(Nc2cc(F)ccc2Cl)ncc1N. The van der Waals surface area contributed by atoms with Crippen molar-refractivity contribution < 1.29 is 13.9 Å². The van der Waals surface area contributed by atoms with Crippen LogP contribution in [0.4, 0.5) is 21.6 Å². The standard InChI is InChI=1S/C13H11ClFN3O2/c1-20-13(19)8-5-12(17-6-10(8)16)18-11-4-7(15)2-3-9(11)14/h2-6H,16H2,1H3,(H,17,18). The van der Waals surface area contributed by atoms with Crippen LogP contribution in [0, 0.1) is 5.82 Å². The summed E-state index contributed by atoms with van der Waals surface area (Å²) in [7, 11) is 1.25. The van der Waals surface area contributed by atoms with Crippen LogP contribution in [0.5, 0.6) is 0 Å². The maximum Gasteiger partial charge on any atom is 0.340 e. The fourth-order valence-corrected chi connectivity index (χ4v) is 1.72. The molecular formula is C13H11ClFN3O2. The smallest absolute Gasteiger partial charge is 0.340 e. The van der Waals surface area contributed by atoms with Crippen LogP contribution in [0.25, 0.3) is 0 Å². The summed E-state index contributed by atoms with van der Waals surface area (Å²) >= 11 is 5.93. The van der Waals surface area contributed by atoms with E-state index in [1.807, 2.05) is 0 Å². The van der Waals surface area contributed by atoms with Gasteiger partial charge in [0.2, 0.25) is 0 Å². The van der Waals surface area contributed by atoms with Crippen LogP contribution in [0.1, 0.15) is 10.4 Å². The summed E-state index contributed by atoms with van der Waals surface area (Å²) < 4.78 is 17.8. The molecule has 20 heavy (non-hydrogen) atoms. The molecule has 0 saturated carbocycles. The molecule has 5 nitrogen and oxygen atoms in total. The summed E-state index contributed by atoms with van der Waals surface area (Å²) in [6, 6.07) is 5.28. The normalized spacial score (nSPS) is 10.2. The lowest BCUT2D eigenvalue weighted by atomic mass is 10.2. The number of nitrogens with zero attached hydrogens (tertiary/aromatic N) is 1. The van der Waals surface area contributed by atoms with E-state index in [4.69, 9.17) is 17.3 Å². The molecule has 1 aromatic carbocycles. The summed E-state index contributed by atoms with van der Waals surface area (Å²) in [4.78, 5) is 15.5. The van der Waals surface area contributed by atoms with Crippen LogP contribution < -0.4 is 11.1 Å². The number of rotatable bonds is 3. The summed E-state index contributed by atoms with van der Waals surface area (Å²) in [5.41, 5.74) is 6.32. The molecule has 0 bridgehead atoms. The fourth-order valence-electron chi connectivity index (χ4n) is 1.55. The minimum absolute atomic E-state index is 0.164. The molecule has 0 saturated heterocycles. The highest BCUT2D eigenvalue weighted by Crippen LogP contribution is 2.26. The number of ether oxygens (including phenoxy) is 1. The number of methoxy groups -OCH3 is 1. The number of nitrogens with two attached hydrogens (primary N) is 1. The van der Waals surface area contributed by atoms with Gasteiger partial charge in [-0.15, -0.1) is 0 Å². The van der Waals surface area contributed by atoms with Gasteiger partial charge in [-0.05, 0) is 24.3 Å². The molecule has 0 amide bonds. The monoisotopic (exact) mass is 295 g/mol. The second kappa shape index (κ2) is 5.75. The lowest BCUT2D eigenvalue weighted by molar-refractivity contribution is 0.0602. The first-order chi connectivity index (χ1) is 9.51. The number of aromatic nitrogens is 1. The van der Waals surface area contributed by atoms with Crippen molar-refractivity contribution >= 4 is 34.8 Å². The molecule has 0 aliphatic rings. The van der Waals surface area contributed by atoms with Gasteiger partial charge in [-0.1, -0.05) is 11.6 Å². The number of carbonyl (C=O) groups excluding carboxylic acids is 1. The Labute approximate surface area is 119 Å². The molecule has 0 spiro atoms. The second-order valence-electron chi connectivity index (χ2n) is 3.90. The molecule has 0 aliphatic heterocycles. The molecule has 2 rings (SSSR count). The van der Waals surface area contributed by atoms with Crippen LogP contribution >= 0.6 is 11.6 Å². The highest BCUT2D eigenvalue weighted by molar-refractivity contribution is 6.33. The Hall–Kier alpha value is -2.34. The molecule has 0 aliphatic carbocycles. The third-order valence-electron chi connectivity index (χ3n) is 2.53. The minimum Gasteiger partial charge on any atom is -0.465 e. The third-order valence-corrected chi connectivity index (χ3v) is 2.86. The van der Waals surface area contributed by atoms with E-state index >= 15 is 0 Å². The molecule has 0 radical (unpaired) electrons. The van der Waals surface area contributed by atoms with E-state index in [0.717, 1.165) is 0 Å². The van der Waals surface area contributed by atoms with Crippen LogP contribution in [0.2, 0.25) is 5.02 Å². The Kier molecular flexibility index (Phi) is 4.05. The predicted octanol–water partition coefficient (Wildman–Crippen LogP) is 2.99. The van der Waals surface area contributed by atoms with Gasteiger partial charge in [0, 0.05) is 0 Å². The molecule has 1 heterocycles. The first-order valence-electron chi connectivity index (χ1n) is 5.57. The van der Waals surface area contributed by atoms with Gasteiger partial charge in [0.15, 0.2) is 0 Å². The van der Waals surface area contributed by atoms with Crippen molar-refractivity contribution in [1.82, 2.24) is 4.98 Å². The van der Waals surface area contributed by atoms with Crippen LogP contribution in [0.3, 0.4) is 0 Å². The van der Waals surface area contributed by atoms with Gasteiger partial charge in [0.05, 0.1) is 35.3 Å². The molecule has 0 unspecified atom stereocenters. The summed E-state index contributed by atoms with van der Waals surface area (Å²) in [5.74, 6) is -0.731. The van der Waals surface area contributed by atoms with Gasteiger partial charge in [-0.3, -0.25) is 0 Å². The van der Waals surface area contributed by atoms with E-state index < -0.39 is 11.8 Å². The molecule has 1 aromatic heterocycles. The zero-order valence-corrected chi connectivity index (χ0v) is 11.2. The highest BCUT2D eigenvalue weighted by atomic mass is 35.5. The van der Waals surface area contributed by atoms with Crippen molar-refractivity contribution in [2.45, 2.75) is 0 Å². The number of esters is 1. The number of nitrogens with one attached hydrogen (secondary N) is 1. The summed E-state index contributed by atoms with van der Waals surface area (Å²) in [6.45, 7) is 0. The minimum atomic E-state index is -0.585. The first kappa shape index (κ1) is 14.1. The van der Waals surface area contributed by atoms with Crippen LogP contribution in [0.15, 0.2) is 30.5 Å². The Balaban J connectivity index is 2.34.